The first-order valence-corrected chi connectivity index (χ1v) is 19.6. The van der Waals surface area contributed by atoms with Gasteiger partial charge in [0.1, 0.15) is 17.9 Å². The molecule has 2 unspecified atom stereocenters. The first-order valence-electron chi connectivity index (χ1n) is 19.6. The van der Waals surface area contributed by atoms with E-state index in [0.29, 0.717) is 40.4 Å². The maximum atomic E-state index is 14.2. The maximum absolute atomic E-state index is 14.2. The van der Waals surface area contributed by atoms with Crippen molar-refractivity contribution in [3.63, 3.8) is 0 Å². The number of ether oxygens (including phenoxy) is 1. The molecule has 5 aliphatic rings. The fourth-order valence-electron chi connectivity index (χ4n) is 10.2. The molecular formula is C42H62N4O6. The van der Waals surface area contributed by atoms with Gasteiger partial charge >= 0.3 is 0 Å². The van der Waals surface area contributed by atoms with Crippen LogP contribution in [-0.4, -0.2) is 96.7 Å². The molecule has 1 heterocycles. The number of methoxy groups -OCH3 is 1. The van der Waals surface area contributed by atoms with E-state index >= 15 is 0 Å². The van der Waals surface area contributed by atoms with Crippen LogP contribution in [0, 0.1) is 35.0 Å². The van der Waals surface area contributed by atoms with Crippen LogP contribution in [0.25, 0.3) is 11.1 Å². The number of fused-ring (bicyclic) bond motifs is 2. The highest BCUT2D eigenvalue weighted by atomic mass is 16.7. The molecule has 10 heteroatoms. The summed E-state index contributed by atoms with van der Waals surface area (Å²) in [7, 11) is 5.73. The molecule has 2 bridgehead atoms. The Morgan fingerprint density at radius 3 is 2.46 bits per heavy atom. The van der Waals surface area contributed by atoms with Gasteiger partial charge < -0.3 is 30.5 Å². The number of nitrogens with zero attached hydrogens (tertiary/aromatic N) is 2. The van der Waals surface area contributed by atoms with E-state index in [2.05, 4.69) is 50.4 Å². The first kappa shape index (κ1) is 38.7. The number of hydrogen-bond acceptors (Lipinski definition) is 8. The van der Waals surface area contributed by atoms with Crippen LogP contribution < -0.4 is 15.4 Å². The van der Waals surface area contributed by atoms with Gasteiger partial charge in [0.15, 0.2) is 0 Å². The van der Waals surface area contributed by atoms with Crippen LogP contribution in [0.1, 0.15) is 88.6 Å². The summed E-state index contributed by atoms with van der Waals surface area (Å²) < 4.78 is 6.04. The summed E-state index contributed by atoms with van der Waals surface area (Å²) in [6, 6.07) is 12.8. The molecule has 4 N–H and O–H groups in total. The van der Waals surface area contributed by atoms with Crippen LogP contribution in [0.15, 0.2) is 42.5 Å². The molecule has 2 aromatic carbocycles. The summed E-state index contributed by atoms with van der Waals surface area (Å²) in [6.07, 6.45) is 6.51. The normalized spacial score (nSPS) is 30.0. The van der Waals surface area contributed by atoms with Crippen molar-refractivity contribution in [3.8, 4) is 16.9 Å². The Balaban J connectivity index is 1.23. The third-order valence-corrected chi connectivity index (χ3v) is 13.2. The molecule has 0 radical (unpaired) electrons. The predicted molar refractivity (Wildman–Crippen MR) is 202 cm³/mol. The van der Waals surface area contributed by atoms with E-state index in [1.165, 1.54) is 25.7 Å². The van der Waals surface area contributed by atoms with Gasteiger partial charge in [-0.2, -0.15) is 5.06 Å². The lowest BCUT2D eigenvalue weighted by atomic mass is 9.45. The number of likely N-dealkylation sites (N-methyl/N-ethyl adjacent to an activating group) is 1. The van der Waals surface area contributed by atoms with Gasteiger partial charge in [-0.05, 0) is 93.5 Å². The first-order chi connectivity index (χ1) is 24.8. The van der Waals surface area contributed by atoms with Crippen molar-refractivity contribution in [1.82, 2.24) is 20.6 Å². The zero-order chi connectivity index (χ0) is 37.3. The zero-order valence-electron chi connectivity index (χ0n) is 32.3. The van der Waals surface area contributed by atoms with Crippen LogP contribution in [0.4, 0.5) is 0 Å². The Morgan fingerprint density at radius 1 is 1.10 bits per heavy atom. The molecule has 0 aromatic heterocycles. The van der Waals surface area contributed by atoms with Crippen molar-refractivity contribution >= 4 is 11.8 Å². The SMILES string of the molecule is COc1c(CN2O[C@@H](CO)C(C(C)O)[C@H]2C(=O)N[C@H]2C[C@H]3C[C@@H]([C@@H]2C)C3(C)C)cccc1-c1cccc(C(=O)N[C@H](CN(C)C)C2CCCCC2)c1. The molecule has 1 saturated heterocycles. The summed E-state index contributed by atoms with van der Waals surface area (Å²) >= 11 is 0. The lowest BCUT2D eigenvalue weighted by Crippen LogP contribution is -2.62. The number of carbonyl (C=O) groups excluding carboxylic acids is 2. The lowest BCUT2D eigenvalue weighted by Gasteiger charge is -2.62. The molecule has 286 valence electrons. The maximum Gasteiger partial charge on any atom is 0.251 e. The van der Waals surface area contributed by atoms with Crippen LogP contribution in [0.2, 0.25) is 0 Å². The van der Waals surface area contributed by atoms with Crippen molar-refractivity contribution in [3.05, 3.63) is 53.6 Å². The number of para-hydroxylation sites is 1. The van der Waals surface area contributed by atoms with Crippen molar-refractivity contribution in [2.75, 3.05) is 34.4 Å². The molecule has 52 heavy (non-hydrogen) atoms. The fraction of sp³-hybridized carbons (Fsp3) is 0.667. The van der Waals surface area contributed by atoms with Crippen LogP contribution in [0.5, 0.6) is 5.75 Å². The molecular weight excluding hydrogens is 656 g/mol. The topological polar surface area (TPSA) is 124 Å². The quantitative estimate of drug-likeness (QED) is 0.221. The monoisotopic (exact) mass is 718 g/mol. The van der Waals surface area contributed by atoms with Crippen molar-refractivity contribution in [2.24, 2.45) is 35.0 Å². The summed E-state index contributed by atoms with van der Waals surface area (Å²) in [5.74, 6) is 1.69. The van der Waals surface area contributed by atoms with Crippen LogP contribution in [-0.2, 0) is 16.2 Å². The molecule has 2 amide bonds. The average Bonchev–Trinajstić information content (AvgIpc) is 3.50. The molecule has 10 nitrogen and oxygen atoms in total. The summed E-state index contributed by atoms with van der Waals surface area (Å²) in [4.78, 5) is 36.3. The van der Waals surface area contributed by atoms with E-state index in [1.54, 1.807) is 19.1 Å². The number of hydroxylamine groups is 2. The molecule has 1 aliphatic heterocycles. The number of rotatable bonds is 13. The van der Waals surface area contributed by atoms with Crippen molar-refractivity contribution in [2.45, 2.75) is 110 Å². The Hall–Kier alpha value is -3.02. The lowest BCUT2D eigenvalue weighted by molar-refractivity contribution is -0.183. The number of aliphatic hydroxyl groups is 2. The highest BCUT2D eigenvalue weighted by molar-refractivity contribution is 5.96. The third kappa shape index (κ3) is 7.78. The van der Waals surface area contributed by atoms with E-state index in [-0.39, 0.29) is 37.0 Å². The minimum atomic E-state index is -0.883. The molecule has 7 rings (SSSR count). The molecule has 9 atom stereocenters. The predicted octanol–water partition coefficient (Wildman–Crippen LogP) is 5.26. The van der Waals surface area contributed by atoms with Crippen molar-refractivity contribution < 1.29 is 29.4 Å². The second-order valence-electron chi connectivity index (χ2n) is 17.1. The minimum absolute atomic E-state index is 0.0529. The number of carbonyl (C=O) groups is 2. The Kier molecular flexibility index (Phi) is 12.0. The van der Waals surface area contributed by atoms with E-state index in [1.807, 2.05) is 42.5 Å². The van der Waals surface area contributed by atoms with Gasteiger partial charge in [-0.25, -0.2) is 0 Å². The number of amides is 2. The number of benzene rings is 2. The molecule has 4 saturated carbocycles. The second-order valence-corrected chi connectivity index (χ2v) is 17.1. The van der Waals surface area contributed by atoms with Gasteiger partial charge in [0.25, 0.3) is 5.91 Å². The Labute approximate surface area is 310 Å². The van der Waals surface area contributed by atoms with Gasteiger partial charge in [0, 0.05) is 41.2 Å². The average molecular weight is 719 g/mol. The van der Waals surface area contributed by atoms with Crippen LogP contribution >= 0.6 is 0 Å². The number of hydrogen-bond donors (Lipinski definition) is 4. The smallest absolute Gasteiger partial charge is 0.251 e. The fourth-order valence-corrected chi connectivity index (χ4v) is 10.2. The third-order valence-electron chi connectivity index (χ3n) is 13.2. The number of aliphatic hydroxyl groups excluding tert-OH is 2. The Morgan fingerprint density at radius 2 is 1.83 bits per heavy atom. The zero-order valence-corrected chi connectivity index (χ0v) is 32.3. The molecule has 0 spiro atoms. The van der Waals surface area contributed by atoms with Gasteiger partial charge in [-0.1, -0.05) is 70.4 Å². The van der Waals surface area contributed by atoms with Gasteiger partial charge in [-0.15, -0.1) is 0 Å². The van der Waals surface area contributed by atoms with E-state index in [4.69, 9.17) is 9.57 Å². The van der Waals surface area contributed by atoms with Crippen LogP contribution in [0.3, 0.4) is 0 Å². The van der Waals surface area contributed by atoms with E-state index in [9.17, 15) is 19.8 Å². The summed E-state index contributed by atoms with van der Waals surface area (Å²) in [5, 5.41) is 29.6. The highest BCUT2D eigenvalue weighted by Gasteiger charge is 2.57. The molecule has 2 aromatic rings. The molecule has 4 aliphatic carbocycles. The second kappa shape index (κ2) is 16.1. The van der Waals surface area contributed by atoms with Gasteiger partial charge in [0.2, 0.25) is 5.91 Å². The Bertz CT molecular complexity index is 1560. The minimum Gasteiger partial charge on any atom is -0.496 e. The number of nitrogens with one attached hydrogen (secondary N) is 2. The van der Waals surface area contributed by atoms with Crippen molar-refractivity contribution in [1.29, 1.82) is 0 Å². The summed E-state index contributed by atoms with van der Waals surface area (Å²) in [6.45, 7) is 9.26. The standard InChI is InChI=1S/C42H62N4O6/c1-25-33-20-31(42(33,3)4)21-34(25)43-41(50)38-37(26(2)48)36(24-47)52-46(38)22-30-17-12-18-32(39(30)51-7)28-15-11-16-29(19-28)40(49)44-35(23-45(5)6)27-13-9-8-10-14-27/h11-12,15-19,25-27,31,33-38,47-48H,8-10,13-14,20-24H2,1-7H3,(H,43,50)(H,44,49)/t25-,26?,31+,33-,34-,35+,36-,37?,38-/m0/s1. The van der Waals surface area contributed by atoms with Gasteiger partial charge in [0.05, 0.1) is 26.4 Å². The summed E-state index contributed by atoms with van der Waals surface area (Å²) in [5.41, 5.74) is 3.32. The highest BCUT2D eigenvalue weighted by Crippen LogP contribution is 2.61. The molecule has 5 fully saturated rings. The van der Waals surface area contributed by atoms with Gasteiger partial charge in [-0.3, -0.25) is 14.4 Å². The van der Waals surface area contributed by atoms with E-state index in [0.717, 1.165) is 42.5 Å². The van der Waals surface area contributed by atoms with E-state index < -0.39 is 24.2 Å². The largest absolute Gasteiger partial charge is 0.496 e.